The molecular formula is C29H27Cl2N3O7. The van der Waals surface area contributed by atoms with E-state index >= 15 is 0 Å². The van der Waals surface area contributed by atoms with Crippen LogP contribution in [0.15, 0.2) is 65.8 Å². The van der Waals surface area contributed by atoms with Gasteiger partial charge in [0.2, 0.25) is 5.60 Å². The second-order valence-corrected chi connectivity index (χ2v) is 10.2. The highest BCUT2D eigenvalue weighted by molar-refractivity contribution is 6.40. The standard InChI is InChI=1S/C29H27Cl2N3O7/c1-29(15-22(34-41-29)17-9-12-23(39-2)24(14-17)40-3)28(38)33-21(27(36)37)13-16-7-10-18(11-8-16)32-26(35)25-19(30)5-4-6-20(25)31/h4-12,14,21H,13,15H2,1-3H3,(H,32,35)(H,33,38)(H,36,37)/t21-,29?/m0/s1. The molecule has 214 valence electrons. The zero-order valence-corrected chi connectivity index (χ0v) is 23.9. The van der Waals surface area contributed by atoms with Crippen LogP contribution in [0.3, 0.4) is 0 Å². The number of carboxylic acid groups (broad SMARTS) is 1. The highest BCUT2D eigenvalue weighted by Crippen LogP contribution is 2.32. The maximum Gasteiger partial charge on any atom is 0.326 e. The van der Waals surface area contributed by atoms with Crippen LogP contribution in [0.4, 0.5) is 5.69 Å². The maximum absolute atomic E-state index is 13.2. The second-order valence-electron chi connectivity index (χ2n) is 9.42. The van der Waals surface area contributed by atoms with Gasteiger partial charge in [0.1, 0.15) is 6.04 Å². The number of benzene rings is 3. The Labute approximate surface area is 246 Å². The largest absolute Gasteiger partial charge is 0.493 e. The van der Waals surface area contributed by atoms with Crippen LogP contribution in [0.2, 0.25) is 10.0 Å². The first-order valence-electron chi connectivity index (χ1n) is 12.4. The van der Waals surface area contributed by atoms with Crippen molar-refractivity contribution in [2.75, 3.05) is 19.5 Å². The second kappa shape index (κ2) is 12.5. The molecule has 0 saturated heterocycles. The van der Waals surface area contributed by atoms with E-state index in [9.17, 15) is 19.5 Å². The molecule has 3 N–H and O–H groups in total. The van der Waals surface area contributed by atoms with Gasteiger partial charge < -0.3 is 30.1 Å². The van der Waals surface area contributed by atoms with E-state index in [1.165, 1.54) is 14.2 Å². The van der Waals surface area contributed by atoms with Gasteiger partial charge in [-0.2, -0.15) is 0 Å². The molecule has 1 aliphatic rings. The van der Waals surface area contributed by atoms with Gasteiger partial charge in [0.05, 0.1) is 35.5 Å². The Bertz CT molecular complexity index is 1490. The molecule has 0 aliphatic carbocycles. The van der Waals surface area contributed by atoms with Gasteiger partial charge in [-0.25, -0.2) is 4.79 Å². The van der Waals surface area contributed by atoms with Gasteiger partial charge in [0.15, 0.2) is 11.5 Å². The van der Waals surface area contributed by atoms with Crippen LogP contribution in [-0.4, -0.2) is 54.5 Å². The average molecular weight is 600 g/mol. The molecule has 0 radical (unpaired) electrons. The number of oxime groups is 1. The number of ether oxygens (including phenoxy) is 2. The fourth-order valence-electron chi connectivity index (χ4n) is 4.21. The van der Waals surface area contributed by atoms with E-state index in [4.69, 9.17) is 37.5 Å². The van der Waals surface area contributed by atoms with Gasteiger partial charge in [0.25, 0.3) is 11.8 Å². The van der Waals surface area contributed by atoms with Gasteiger partial charge in [-0.3, -0.25) is 9.59 Å². The van der Waals surface area contributed by atoms with Crippen LogP contribution in [0.25, 0.3) is 0 Å². The molecule has 0 aromatic heterocycles. The van der Waals surface area contributed by atoms with Gasteiger partial charge in [-0.15, -0.1) is 0 Å². The first kappa shape index (κ1) is 29.7. The molecule has 0 spiro atoms. The summed E-state index contributed by atoms with van der Waals surface area (Å²) in [7, 11) is 3.04. The summed E-state index contributed by atoms with van der Waals surface area (Å²) in [6, 6.07) is 15.3. The number of carboxylic acids is 1. The maximum atomic E-state index is 13.2. The van der Waals surface area contributed by atoms with Gasteiger partial charge >= 0.3 is 5.97 Å². The Morgan fingerprint density at radius 3 is 2.29 bits per heavy atom. The number of nitrogens with zero attached hydrogens (tertiary/aromatic N) is 1. The minimum absolute atomic E-state index is 0.00882. The number of amides is 2. The lowest BCUT2D eigenvalue weighted by molar-refractivity contribution is -0.148. The number of hydrogen-bond donors (Lipinski definition) is 3. The predicted octanol–water partition coefficient (Wildman–Crippen LogP) is 4.96. The molecule has 1 unspecified atom stereocenters. The molecule has 0 fully saturated rings. The lowest BCUT2D eigenvalue weighted by atomic mass is 9.94. The third kappa shape index (κ3) is 6.72. The van der Waals surface area contributed by atoms with Crippen LogP contribution in [0.5, 0.6) is 11.5 Å². The summed E-state index contributed by atoms with van der Waals surface area (Å²) in [6.07, 6.45) is 0.107. The van der Waals surface area contributed by atoms with Crippen molar-refractivity contribution in [3.63, 3.8) is 0 Å². The van der Waals surface area contributed by atoms with E-state index in [-0.39, 0.29) is 28.5 Å². The molecule has 3 aromatic carbocycles. The quantitative estimate of drug-likeness (QED) is 0.300. The molecule has 2 amide bonds. The Balaban J connectivity index is 1.39. The number of rotatable bonds is 10. The first-order chi connectivity index (χ1) is 19.5. The number of methoxy groups -OCH3 is 2. The fourth-order valence-corrected chi connectivity index (χ4v) is 4.78. The van der Waals surface area contributed by atoms with Crippen molar-refractivity contribution in [1.82, 2.24) is 5.32 Å². The van der Waals surface area contributed by atoms with Crippen molar-refractivity contribution >= 4 is 52.4 Å². The van der Waals surface area contributed by atoms with Gasteiger partial charge in [0, 0.05) is 24.1 Å². The van der Waals surface area contributed by atoms with Crippen LogP contribution < -0.4 is 20.1 Å². The van der Waals surface area contributed by atoms with E-state index < -0.39 is 29.4 Å². The molecule has 0 saturated carbocycles. The minimum atomic E-state index is -1.41. The third-order valence-corrected chi connectivity index (χ3v) is 7.13. The average Bonchev–Trinajstić information content (AvgIpc) is 3.36. The SMILES string of the molecule is COc1ccc(C2=NOC(C)(C(=O)N[C@@H](Cc3ccc(NC(=O)c4c(Cl)cccc4Cl)cc3)C(=O)O)C2)cc1OC. The number of hydrogen-bond acceptors (Lipinski definition) is 7. The number of halogens is 2. The molecule has 2 atom stereocenters. The van der Waals surface area contributed by atoms with E-state index in [1.54, 1.807) is 67.6 Å². The van der Waals surface area contributed by atoms with Crippen molar-refractivity contribution in [3.8, 4) is 11.5 Å². The van der Waals surface area contributed by atoms with Crippen molar-refractivity contribution in [2.24, 2.45) is 5.16 Å². The summed E-state index contributed by atoms with van der Waals surface area (Å²) in [5.74, 6) is -1.28. The predicted molar refractivity (Wildman–Crippen MR) is 154 cm³/mol. The molecular weight excluding hydrogens is 573 g/mol. The first-order valence-corrected chi connectivity index (χ1v) is 13.2. The molecule has 0 bridgehead atoms. The van der Waals surface area contributed by atoms with Crippen LogP contribution in [0.1, 0.15) is 34.8 Å². The molecule has 41 heavy (non-hydrogen) atoms. The molecule has 12 heteroatoms. The van der Waals surface area contributed by atoms with E-state index in [0.717, 1.165) is 0 Å². The third-order valence-electron chi connectivity index (χ3n) is 6.50. The minimum Gasteiger partial charge on any atom is -0.493 e. The van der Waals surface area contributed by atoms with Gasteiger partial charge in [-0.1, -0.05) is 46.6 Å². The summed E-state index contributed by atoms with van der Waals surface area (Å²) in [5.41, 5.74) is 0.992. The normalized spacial score (nSPS) is 16.7. The van der Waals surface area contributed by atoms with E-state index in [1.807, 2.05) is 0 Å². The number of carbonyl (C=O) groups excluding carboxylic acids is 2. The Kier molecular flexibility index (Phi) is 9.05. The molecule has 4 rings (SSSR count). The Hall–Kier alpha value is -4.28. The van der Waals surface area contributed by atoms with E-state index in [2.05, 4.69) is 15.8 Å². The van der Waals surface area contributed by atoms with Crippen LogP contribution in [-0.2, 0) is 20.8 Å². The number of nitrogens with one attached hydrogen (secondary N) is 2. The highest BCUT2D eigenvalue weighted by atomic mass is 35.5. The lowest BCUT2D eigenvalue weighted by Gasteiger charge is -2.23. The number of anilines is 1. The van der Waals surface area contributed by atoms with Crippen LogP contribution in [0, 0.1) is 0 Å². The van der Waals surface area contributed by atoms with Crippen molar-refractivity contribution in [3.05, 3.63) is 87.4 Å². The highest BCUT2D eigenvalue weighted by Gasteiger charge is 2.43. The Morgan fingerprint density at radius 2 is 1.68 bits per heavy atom. The Morgan fingerprint density at radius 1 is 1.02 bits per heavy atom. The van der Waals surface area contributed by atoms with Crippen molar-refractivity contribution in [2.45, 2.75) is 31.4 Å². The zero-order chi connectivity index (χ0) is 29.7. The zero-order valence-electron chi connectivity index (χ0n) is 22.4. The summed E-state index contributed by atoms with van der Waals surface area (Å²) < 4.78 is 10.6. The smallest absolute Gasteiger partial charge is 0.326 e. The summed E-state index contributed by atoms with van der Waals surface area (Å²) in [4.78, 5) is 43.3. The molecule has 10 nitrogen and oxygen atoms in total. The topological polar surface area (TPSA) is 136 Å². The summed E-state index contributed by atoms with van der Waals surface area (Å²) in [5, 5.41) is 19.6. The molecule has 1 heterocycles. The monoisotopic (exact) mass is 599 g/mol. The molecule has 1 aliphatic heterocycles. The number of aliphatic carboxylic acids is 1. The number of carbonyl (C=O) groups is 3. The lowest BCUT2D eigenvalue weighted by Crippen LogP contribution is -2.51. The fraction of sp³-hybridized carbons (Fsp3) is 0.241. The van der Waals surface area contributed by atoms with E-state index in [0.29, 0.717) is 34.0 Å². The summed E-state index contributed by atoms with van der Waals surface area (Å²) >= 11 is 12.2. The summed E-state index contributed by atoms with van der Waals surface area (Å²) in [6.45, 7) is 1.54. The van der Waals surface area contributed by atoms with Gasteiger partial charge in [-0.05, 0) is 55.0 Å². The molecule has 3 aromatic rings. The van der Waals surface area contributed by atoms with Crippen LogP contribution >= 0.6 is 23.2 Å². The van der Waals surface area contributed by atoms with Crippen molar-refractivity contribution < 1.29 is 33.8 Å². The van der Waals surface area contributed by atoms with Crippen molar-refractivity contribution in [1.29, 1.82) is 0 Å².